The summed E-state index contributed by atoms with van der Waals surface area (Å²) in [4.78, 5) is 25.3. The molecule has 17 heteroatoms. The van der Waals surface area contributed by atoms with E-state index in [2.05, 4.69) is 26.0 Å². The van der Waals surface area contributed by atoms with Gasteiger partial charge in [0.05, 0.1) is 27.5 Å². The zero-order valence-corrected chi connectivity index (χ0v) is 21.9. The van der Waals surface area contributed by atoms with Crippen LogP contribution >= 0.6 is 27.5 Å². The fourth-order valence-electron chi connectivity index (χ4n) is 3.40. The Morgan fingerprint density at radius 3 is 1.95 bits per heavy atom. The maximum Gasteiger partial charge on any atom is 0.435 e. The van der Waals surface area contributed by atoms with Crippen LogP contribution in [0, 0.1) is 5.82 Å². The van der Waals surface area contributed by atoms with Crippen LogP contribution in [-0.4, -0.2) is 30.8 Å². The molecule has 5 nitrogen and oxygen atoms in total. The predicted octanol–water partition coefficient (Wildman–Crippen LogP) is 8.64. The summed E-state index contributed by atoms with van der Waals surface area (Å²) in [7, 11) is 0. The molecule has 0 bridgehead atoms. The number of rotatable bonds is 7. The van der Waals surface area contributed by atoms with E-state index in [-0.39, 0.29) is 22.7 Å². The van der Waals surface area contributed by atoms with Gasteiger partial charge in [-0.15, -0.1) is 0 Å². The summed E-state index contributed by atoms with van der Waals surface area (Å²) in [6.45, 7) is -3.86. The van der Waals surface area contributed by atoms with Crippen molar-refractivity contribution in [2.45, 2.75) is 24.6 Å². The van der Waals surface area contributed by atoms with E-state index < -0.39 is 75.0 Å². The number of benzene rings is 3. The Labute approximate surface area is 236 Å². The van der Waals surface area contributed by atoms with Crippen LogP contribution in [0.25, 0.3) is 0 Å². The largest absolute Gasteiger partial charge is 0.435 e. The highest BCUT2D eigenvalue weighted by Gasteiger charge is 2.73. The van der Waals surface area contributed by atoms with Crippen molar-refractivity contribution in [2.75, 3.05) is 10.6 Å². The lowest BCUT2D eigenvalue weighted by atomic mass is 9.93. The Morgan fingerprint density at radius 2 is 1.39 bits per heavy atom. The average molecular weight is 682 g/mol. The molecule has 0 aromatic heterocycles. The maximum atomic E-state index is 15.1. The third-order valence-electron chi connectivity index (χ3n) is 5.30. The van der Waals surface area contributed by atoms with Crippen LogP contribution in [0.1, 0.15) is 26.3 Å². The average Bonchev–Trinajstić information content (AvgIpc) is 2.85. The van der Waals surface area contributed by atoms with E-state index in [4.69, 9.17) is 11.6 Å². The Morgan fingerprint density at radius 1 is 0.829 bits per heavy atom. The van der Waals surface area contributed by atoms with Gasteiger partial charge in [-0.25, -0.2) is 8.78 Å². The summed E-state index contributed by atoms with van der Waals surface area (Å²) in [6, 6.07) is 8.23. The molecule has 0 atom stereocenters. The molecule has 0 radical (unpaired) electrons. The van der Waals surface area contributed by atoms with E-state index in [1.54, 1.807) is 0 Å². The molecule has 3 rings (SSSR count). The second-order valence-corrected chi connectivity index (χ2v) is 9.18. The number of hydrogen-bond donors (Lipinski definition) is 2. The molecule has 41 heavy (non-hydrogen) atoms. The number of hydrogen-bond acceptors (Lipinski definition) is 3. The van der Waals surface area contributed by atoms with Crippen molar-refractivity contribution in [1.29, 1.82) is 0 Å². The van der Waals surface area contributed by atoms with Gasteiger partial charge in [0.25, 0.3) is 11.8 Å². The van der Waals surface area contributed by atoms with Gasteiger partial charge < -0.3 is 15.4 Å². The molecule has 0 aliphatic carbocycles. The third-order valence-corrected chi connectivity index (χ3v) is 6.25. The fraction of sp³-hybridized carbons (Fsp3) is 0.167. The number of anilines is 2. The van der Waals surface area contributed by atoms with Crippen molar-refractivity contribution in [1.82, 2.24) is 0 Å². The molecule has 0 fully saturated rings. The monoisotopic (exact) mass is 680 g/mol. The van der Waals surface area contributed by atoms with E-state index in [9.17, 15) is 49.1 Å². The van der Waals surface area contributed by atoms with Crippen LogP contribution < -0.4 is 15.4 Å². The van der Waals surface area contributed by atoms with Crippen LogP contribution in [0.4, 0.5) is 55.3 Å². The van der Waals surface area contributed by atoms with Gasteiger partial charge in [-0.2, -0.15) is 35.1 Å². The summed E-state index contributed by atoms with van der Waals surface area (Å²) in [5, 5.41) is 3.98. The summed E-state index contributed by atoms with van der Waals surface area (Å²) < 4.78 is 138. The Bertz CT molecular complexity index is 1470. The Kier molecular flexibility index (Phi) is 9.17. The maximum absolute atomic E-state index is 15.1. The first-order chi connectivity index (χ1) is 18.9. The Balaban J connectivity index is 2.02. The SMILES string of the molecule is O=C(Nc1cccc(C(=O)Nc2c(Br)cc(C(F)(C(F)(F)F)C(F)(F)F)cc2OC(F)F)c1F)c1ccccc1Cl. The third kappa shape index (κ3) is 6.53. The molecule has 3 aromatic carbocycles. The minimum atomic E-state index is -6.59. The molecule has 2 N–H and O–H groups in total. The highest BCUT2D eigenvalue weighted by molar-refractivity contribution is 9.10. The number of nitrogens with one attached hydrogen (secondary N) is 2. The first kappa shape index (κ1) is 32.0. The van der Waals surface area contributed by atoms with E-state index in [1.165, 1.54) is 24.3 Å². The molecule has 3 aromatic rings. The smallest absolute Gasteiger partial charge is 0.433 e. The van der Waals surface area contributed by atoms with Crippen molar-refractivity contribution in [3.05, 3.63) is 86.6 Å². The highest BCUT2D eigenvalue weighted by atomic mass is 79.9. The molecule has 2 amide bonds. The van der Waals surface area contributed by atoms with Crippen LogP contribution in [0.3, 0.4) is 0 Å². The van der Waals surface area contributed by atoms with Gasteiger partial charge in [0, 0.05) is 10.0 Å². The predicted molar refractivity (Wildman–Crippen MR) is 129 cm³/mol. The van der Waals surface area contributed by atoms with Crippen molar-refractivity contribution < 1.29 is 58.2 Å². The minimum absolute atomic E-state index is 0.00695. The minimum Gasteiger partial charge on any atom is -0.433 e. The van der Waals surface area contributed by atoms with Crippen LogP contribution in [-0.2, 0) is 5.67 Å². The van der Waals surface area contributed by atoms with Gasteiger partial charge in [-0.3, -0.25) is 9.59 Å². The van der Waals surface area contributed by atoms with E-state index in [1.807, 2.05) is 5.32 Å². The van der Waals surface area contributed by atoms with Crippen molar-refractivity contribution in [3.8, 4) is 5.75 Å². The van der Waals surface area contributed by atoms with Crippen LogP contribution in [0.5, 0.6) is 5.75 Å². The van der Waals surface area contributed by atoms with Gasteiger partial charge in [-0.1, -0.05) is 29.8 Å². The fourth-order valence-corrected chi connectivity index (χ4v) is 4.16. The number of carbonyl (C=O) groups is 2. The molecular formula is C24H12BrClF10N2O3. The molecule has 0 aliphatic heterocycles. The molecular weight excluding hydrogens is 670 g/mol. The van der Waals surface area contributed by atoms with E-state index in [0.29, 0.717) is 0 Å². The first-order valence-corrected chi connectivity index (χ1v) is 11.8. The number of ether oxygens (including phenoxy) is 1. The molecule has 0 saturated carbocycles. The van der Waals surface area contributed by atoms with Crippen LogP contribution in [0.2, 0.25) is 5.02 Å². The van der Waals surface area contributed by atoms with Gasteiger partial charge >= 0.3 is 24.6 Å². The number of carbonyl (C=O) groups excluding carboxylic acids is 2. The molecule has 0 spiro atoms. The second kappa shape index (κ2) is 11.8. The quantitative estimate of drug-likeness (QED) is 0.246. The Hall–Kier alpha value is -3.53. The van der Waals surface area contributed by atoms with Crippen molar-refractivity contribution in [2.24, 2.45) is 0 Å². The van der Waals surface area contributed by atoms with Gasteiger partial charge in [-0.05, 0) is 52.3 Å². The summed E-state index contributed by atoms with van der Waals surface area (Å²) in [5.41, 5.74) is -10.7. The molecule has 0 heterocycles. The zero-order chi connectivity index (χ0) is 30.9. The molecule has 220 valence electrons. The lowest BCUT2D eigenvalue weighted by Gasteiger charge is -2.31. The zero-order valence-electron chi connectivity index (χ0n) is 19.5. The summed E-state index contributed by atoms with van der Waals surface area (Å²) in [6.07, 6.45) is -13.2. The summed E-state index contributed by atoms with van der Waals surface area (Å²) in [5.74, 6) is -5.24. The molecule has 0 aliphatic rings. The van der Waals surface area contributed by atoms with Crippen molar-refractivity contribution >= 4 is 50.7 Å². The molecule has 0 unspecified atom stereocenters. The van der Waals surface area contributed by atoms with E-state index >= 15 is 4.39 Å². The highest BCUT2D eigenvalue weighted by Crippen LogP contribution is 2.55. The topological polar surface area (TPSA) is 67.4 Å². The first-order valence-electron chi connectivity index (χ1n) is 10.7. The van der Waals surface area contributed by atoms with Gasteiger partial charge in [0.2, 0.25) is 0 Å². The van der Waals surface area contributed by atoms with Crippen LogP contribution in [0.15, 0.2) is 59.1 Å². The lowest BCUT2D eigenvalue weighted by molar-refractivity contribution is -0.348. The van der Waals surface area contributed by atoms with Gasteiger partial charge in [0.15, 0.2) is 11.6 Å². The number of alkyl halides is 9. The lowest BCUT2D eigenvalue weighted by Crippen LogP contribution is -2.50. The van der Waals surface area contributed by atoms with Crippen molar-refractivity contribution in [3.63, 3.8) is 0 Å². The standard InChI is InChI=1S/C24H12BrClF10N2O3/c25-13-8-10(22(30,23(31,32)33)24(34,35)36)9-16(41-21(28)29)18(13)38-20(40)12-5-3-7-15(17(12)27)37-19(39)11-4-1-2-6-14(11)26/h1-9,21H,(H,37,39)(H,38,40). The normalized spacial score (nSPS) is 12.3. The second-order valence-electron chi connectivity index (χ2n) is 7.92. The summed E-state index contributed by atoms with van der Waals surface area (Å²) >= 11 is 8.42. The van der Waals surface area contributed by atoms with Gasteiger partial charge in [0.1, 0.15) is 0 Å². The molecule has 0 saturated heterocycles. The number of amides is 2. The number of halogens is 12. The van der Waals surface area contributed by atoms with E-state index in [0.717, 1.165) is 18.2 Å².